The summed E-state index contributed by atoms with van der Waals surface area (Å²) >= 11 is 3.09. The van der Waals surface area contributed by atoms with Gasteiger partial charge in [0.15, 0.2) is 0 Å². The molecule has 3 nitrogen and oxygen atoms in total. The number of hydrogen-bond acceptors (Lipinski definition) is 4. The normalized spacial score (nSPS) is 4.33. The first-order valence-electron chi connectivity index (χ1n) is 1.26. The van der Waals surface area contributed by atoms with Gasteiger partial charge in [0.1, 0.15) is 5.40 Å². The molecule has 0 saturated heterocycles. The van der Waals surface area contributed by atoms with Crippen LogP contribution >= 0.6 is 12.6 Å². The second-order valence-corrected chi connectivity index (χ2v) is 0.536. The van der Waals surface area contributed by atoms with Crippen molar-refractivity contribution in [3.05, 3.63) is 0 Å². The van der Waals surface area contributed by atoms with Crippen molar-refractivity contribution in [1.82, 2.24) is 0 Å². The fraction of sp³-hybridized carbons (Fsp3) is 0.500. The zero-order valence-corrected chi connectivity index (χ0v) is 4.15. The summed E-state index contributed by atoms with van der Waals surface area (Å²) in [5.41, 5.74) is 9.25. The van der Waals surface area contributed by atoms with Crippen LogP contribution in [0.4, 0.5) is 0 Å². The van der Waals surface area contributed by atoms with E-state index in [2.05, 4.69) is 24.1 Å². The Bertz CT molecular complexity index is 38.5. The van der Waals surface area contributed by atoms with Gasteiger partial charge in [-0.3, -0.25) is 0 Å². The first-order valence-corrected chi connectivity index (χ1v) is 1.71. The summed E-state index contributed by atoms with van der Waals surface area (Å²) in [4.78, 5) is 0. The Morgan fingerprint density at radius 2 is 1.67 bits per heavy atom. The zero-order chi connectivity index (χ0) is 5.41. The molecule has 0 spiro atoms. The average molecular weight is 105 g/mol. The van der Waals surface area contributed by atoms with Crippen LogP contribution in [-0.4, -0.2) is 6.67 Å². The lowest BCUT2D eigenvalue weighted by atomic mass is 11.3. The Balaban J connectivity index is 0. The Hall–Kier alpha value is -0.240. The summed E-state index contributed by atoms with van der Waals surface area (Å²) in [6.07, 6.45) is 0. The molecule has 0 bridgehead atoms. The molecule has 0 heterocycles. The molecule has 0 aliphatic carbocycles. The van der Waals surface area contributed by atoms with Crippen molar-refractivity contribution in [2.45, 2.75) is 0 Å². The van der Waals surface area contributed by atoms with Crippen LogP contribution in [0, 0.1) is 10.7 Å². The zero-order valence-electron chi connectivity index (χ0n) is 3.26. The Kier molecular flexibility index (Phi) is 33.4. The van der Waals surface area contributed by atoms with Crippen molar-refractivity contribution in [2.24, 2.45) is 11.5 Å². The van der Waals surface area contributed by atoms with Gasteiger partial charge in [-0.1, -0.05) is 12.6 Å². The average Bonchev–Trinajstić information content (AvgIpc) is 1.39. The van der Waals surface area contributed by atoms with Crippen LogP contribution in [0.3, 0.4) is 0 Å². The van der Waals surface area contributed by atoms with E-state index in [1.165, 1.54) is 5.40 Å². The SMILES string of the molecule is N#CS.NCN. The minimum absolute atomic E-state index is 0.250. The van der Waals surface area contributed by atoms with E-state index in [4.69, 9.17) is 5.26 Å². The van der Waals surface area contributed by atoms with E-state index >= 15 is 0 Å². The summed E-state index contributed by atoms with van der Waals surface area (Å²) in [6.45, 7) is 0.250. The van der Waals surface area contributed by atoms with Crippen LogP contribution in [0.25, 0.3) is 0 Å². The van der Waals surface area contributed by atoms with E-state index < -0.39 is 0 Å². The second kappa shape index (κ2) is 21.7. The number of thiol groups is 1. The summed E-state index contributed by atoms with van der Waals surface area (Å²) in [5.74, 6) is 0. The lowest BCUT2D eigenvalue weighted by Gasteiger charge is -1.56. The number of nitrogens with zero attached hydrogens (tertiary/aromatic N) is 1. The first kappa shape index (κ1) is 9.23. The van der Waals surface area contributed by atoms with Gasteiger partial charge in [0.05, 0.1) is 0 Å². The van der Waals surface area contributed by atoms with Gasteiger partial charge in [-0.25, -0.2) is 0 Å². The van der Waals surface area contributed by atoms with Gasteiger partial charge in [0, 0.05) is 6.67 Å². The fourth-order valence-electron chi connectivity index (χ4n) is 0. The molecule has 4 heteroatoms. The number of nitrogens with two attached hydrogens (primary N) is 2. The molecule has 4 N–H and O–H groups in total. The lowest BCUT2D eigenvalue weighted by molar-refractivity contribution is 1.07. The molecule has 0 amide bonds. The third-order valence-electron chi connectivity index (χ3n) is 0. The molecular formula is C2H7N3S. The van der Waals surface area contributed by atoms with E-state index in [1.54, 1.807) is 0 Å². The van der Waals surface area contributed by atoms with Crippen LogP contribution in [0.5, 0.6) is 0 Å². The quantitative estimate of drug-likeness (QED) is 0.216. The first-order chi connectivity index (χ1) is 2.83. The van der Waals surface area contributed by atoms with Gasteiger partial charge >= 0.3 is 0 Å². The Morgan fingerprint density at radius 1 is 1.67 bits per heavy atom. The van der Waals surface area contributed by atoms with Crippen molar-refractivity contribution in [1.29, 1.82) is 5.26 Å². The molecule has 0 unspecified atom stereocenters. The van der Waals surface area contributed by atoms with Crippen molar-refractivity contribution >= 4 is 12.6 Å². The fourth-order valence-corrected chi connectivity index (χ4v) is 0. The number of nitriles is 1. The van der Waals surface area contributed by atoms with Crippen molar-refractivity contribution in [3.63, 3.8) is 0 Å². The predicted octanol–water partition coefficient (Wildman–Crippen LogP) is -0.741. The number of rotatable bonds is 0. The van der Waals surface area contributed by atoms with E-state index in [1.807, 2.05) is 0 Å². The van der Waals surface area contributed by atoms with E-state index in [0.29, 0.717) is 0 Å². The monoisotopic (exact) mass is 105 g/mol. The van der Waals surface area contributed by atoms with Crippen molar-refractivity contribution < 1.29 is 0 Å². The van der Waals surface area contributed by atoms with Gasteiger partial charge in [-0.2, -0.15) is 5.26 Å². The van der Waals surface area contributed by atoms with E-state index in [-0.39, 0.29) is 6.67 Å². The highest BCUT2D eigenvalue weighted by molar-refractivity contribution is 7.85. The van der Waals surface area contributed by atoms with Crippen molar-refractivity contribution in [3.8, 4) is 5.40 Å². The maximum absolute atomic E-state index is 7.18. The van der Waals surface area contributed by atoms with Gasteiger partial charge in [-0.15, -0.1) is 0 Å². The van der Waals surface area contributed by atoms with Gasteiger partial charge in [-0.05, 0) is 0 Å². The maximum atomic E-state index is 7.18. The maximum Gasteiger partial charge on any atom is 0.130 e. The third-order valence-corrected chi connectivity index (χ3v) is 0. The molecule has 0 fully saturated rings. The van der Waals surface area contributed by atoms with Crippen LogP contribution in [0.2, 0.25) is 0 Å². The number of hydrogen-bond donors (Lipinski definition) is 3. The summed E-state index contributed by atoms with van der Waals surface area (Å²) < 4.78 is 0. The Labute approximate surface area is 42.3 Å². The lowest BCUT2D eigenvalue weighted by Crippen LogP contribution is -2.08. The highest BCUT2D eigenvalue weighted by atomic mass is 32.1. The molecule has 0 aliphatic heterocycles. The van der Waals surface area contributed by atoms with Gasteiger partial charge < -0.3 is 11.5 Å². The van der Waals surface area contributed by atoms with Crippen LogP contribution < -0.4 is 11.5 Å². The molecule has 0 aromatic heterocycles. The highest BCUT2D eigenvalue weighted by Gasteiger charge is 1.29. The van der Waals surface area contributed by atoms with Crippen LogP contribution in [0.1, 0.15) is 0 Å². The largest absolute Gasteiger partial charge is 0.319 e. The van der Waals surface area contributed by atoms with Gasteiger partial charge in [0.25, 0.3) is 0 Å². The molecule has 0 rings (SSSR count). The molecule has 0 saturated carbocycles. The molecule has 36 valence electrons. The third kappa shape index (κ3) is 497. The summed E-state index contributed by atoms with van der Waals surface area (Å²) in [5, 5.41) is 8.63. The topological polar surface area (TPSA) is 75.8 Å². The van der Waals surface area contributed by atoms with E-state index in [9.17, 15) is 0 Å². The molecular weight excluding hydrogens is 98.1 g/mol. The molecule has 0 aromatic carbocycles. The minimum Gasteiger partial charge on any atom is -0.319 e. The molecule has 0 aromatic rings. The summed E-state index contributed by atoms with van der Waals surface area (Å²) in [6, 6.07) is 0. The molecule has 0 aliphatic rings. The number of thiocyanates is 1. The minimum atomic E-state index is 0.250. The van der Waals surface area contributed by atoms with Gasteiger partial charge in [0.2, 0.25) is 0 Å². The standard InChI is InChI=1S/CH6N2.CHNS/c2*2-1-3/h1-3H2;3H. The van der Waals surface area contributed by atoms with Crippen LogP contribution in [0.15, 0.2) is 0 Å². The van der Waals surface area contributed by atoms with E-state index in [0.717, 1.165) is 0 Å². The van der Waals surface area contributed by atoms with Crippen molar-refractivity contribution in [2.75, 3.05) is 6.67 Å². The molecule has 0 radical (unpaired) electrons. The Morgan fingerprint density at radius 3 is 1.67 bits per heavy atom. The molecule has 6 heavy (non-hydrogen) atoms. The predicted molar refractivity (Wildman–Crippen MR) is 27.8 cm³/mol. The smallest absolute Gasteiger partial charge is 0.130 e. The van der Waals surface area contributed by atoms with Crippen LogP contribution in [-0.2, 0) is 0 Å². The summed E-state index contributed by atoms with van der Waals surface area (Å²) in [7, 11) is 0. The molecule has 0 atom stereocenters. The highest BCUT2D eigenvalue weighted by Crippen LogP contribution is 1.46. The second-order valence-electron chi connectivity index (χ2n) is 0.336.